The van der Waals surface area contributed by atoms with Gasteiger partial charge in [-0.1, -0.05) is 48.5 Å². The number of pyridine rings is 2. The molecule has 0 N–H and O–H groups in total. The Morgan fingerprint density at radius 3 is 1.37 bits per heavy atom. The van der Waals surface area contributed by atoms with E-state index >= 15 is 0 Å². The predicted octanol–water partition coefficient (Wildman–Crippen LogP) is 9.44. The van der Waals surface area contributed by atoms with Gasteiger partial charge in [-0.2, -0.15) is 10.5 Å². The zero-order chi connectivity index (χ0) is 36.5. The van der Waals surface area contributed by atoms with Gasteiger partial charge in [0.2, 0.25) is 0 Å². The van der Waals surface area contributed by atoms with Gasteiger partial charge in [0.1, 0.15) is 61.6 Å². The number of rotatable bonds is 13. The van der Waals surface area contributed by atoms with E-state index in [0.717, 1.165) is 67.1 Å². The van der Waals surface area contributed by atoms with E-state index < -0.39 is 0 Å². The number of benzene rings is 4. The number of hydrogen-bond donors (Lipinski definition) is 0. The summed E-state index contributed by atoms with van der Waals surface area (Å²) in [5, 5.41) is 18.3. The third-order valence-electron chi connectivity index (χ3n) is 8.93. The lowest BCUT2D eigenvalue weighted by molar-refractivity contribution is 0.288. The Labute approximate surface area is 304 Å². The largest absolute Gasteiger partial charge is 0.489 e. The van der Waals surface area contributed by atoms with Gasteiger partial charge in [0.05, 0.1) is 11.1 Å². The molecule has 0 fully saturated rings. The van der Waals surface area contributed by atoms with Crippen molar-refractivity contribution in [3.63, 3.8) is 0 Å². The van der Waals surface area contributed by atoms with E-state index in [4.69, 9.17) is 29.5 Å². The highest BCUT2D eigenvalue weighted by Gasteiger charge is 2.14. The summed E-state index contributed by atoms with van der Waals surface area (Å²) in [5.74, 6) is 2.85. The lowest BCUT2D eigenvalue weighted by Gasteiger charge is -2.18. The van der Waals surface area contributed by atoms with Crippen molar-refractivity contribution in [1.82, 2.24) is 9.97 Å². The Balaban J connectivity index is 1.12. The number of hydrogen-bond acceptors (Lipinski definition) is 8. The molecule has 0 atom stereocenters. The van der Waals surface area contributed by atoms with E-state index in [1.165, 1.54) is 12.4 Å². The minimum Gasteiger partial charge on any atom is -0.489 e. The highest BCUT2D eigenvalue weighted by atomic mass is 16.5. The van der Waals surface area contributed by atoms with Crippen LogP contribution in [-0.2, 0) is 26.4 Å². The van der Waals surface area contributed by atoms with Crippen molar-refractivity contribution in [3.05, 3.63) is 165 Å². The van der Waals surface area contributed by atoms with E-state index in [0.29, 0.717) is 49.1 Å². The summed E-state index contributed by atoms with van der Waals surface area (Å²) in [6.45, 7) is 9.69. The molecule has 52 heavy (non-hydrogen) atoms. The van der Waals surface area contributed by atoms with Gasteiger partial charge in [-0.15, -0.1) is 0 Å². The van der Waals surface area contributed by atoms with Crippen molar-refractivity contribution in [2.45, 2.75) is 54.1 Å². The fourth-order valence-electron chi connectivity index (χ4n) is 5.81. The summed E-state index contributed by atoms with van der Waals surface area (Å²) in [6, 6.07) is 32.0. The first-order chi connectivity index (χ1) is 25.3. The molecular formula is C44H38N4O4. The van der Waals surface area contributed by atoms with Crippen LogP contribution in [0.4, 0.5) is 0 Å². The van der Waals surface area contributed by atoms with Gasteiger partial charge >= 0.3 is 0 Å². The molecule has 0 aliphatic rings. The zero-order valence-corrected chi connectivity index (χ0v) is 29.6. The van der Waals surface area contributed by atoms with Crippen LogP contribution in [0.3, 0.4) is 0 Å². The Morgan fingerprint density at radius 1 is 0.500 bits per heavy atom. The molecule has 0 saturated carbocycles. The molecule has 258 valence electrons. The molecule has 2 heterocycles. The summed E-state index contributed by atoms with van der Waals surface area (Å²) >= 11 is 0. The second kappa shape index (κ2) is 16.4. The lowest BCUT2D eigenvalue weighted by atomic mass is 9.92. The predicted molar refractivity (Wildman–Crippen MR) is 199 cm³/mol. The molecule has 8 heteroatoms. The second-order valence-corrected chi connectivity index (χ2v) is 12.6. The first-order valence-electron chi connectivity index (χ1n) is 16.9. The highest BCUT2D eigenvalue weighted by Crippen LogP contribution is 2.33. The first kappa shape index (κ1) is 35.2. The zero-order valence-electron chi connectivity index (χ0n) is 29.6. The van der Waals surface area contributed by atoms with Crippen molar-refractivity contribution < 1.29 is 18.9 Å². The van der Waals surface area contributed by atoms with Gasteiger partial charge in [0.25, 0.3) is 0 Å². The summed E-state index contributed by atoms with van der Waals surface area (Å²) in [6.07, 6.45) is 6.46. The Morgan fingerprint density at radius 2 is 0.942 bits per heavy atom. The van der Waals surface area contributed by atoms with E-state index in [9.17, 15) is 0 Å². The number of nitrogens with zero attached hydrogens (tertiary/aromatic N) is 4. The van der Waals surface area contributed by atoms with Gasteiger partial charge in [0, 0.05) is 48.0 Å². The molecule has 6 aromatic rings. The molecule has 0 bridgehead atoms. The first-order valence-corrected chi connectivity index (χ1v) is 16.9. The van der Waals surface area contributed by atoms with E-state index in [2.05, 4.69) is 72.4 Å². The molecule has 0 amide bonds. The second-order valence-electron chi connectivity index (χ2n) is 12.6. The number of aryl methyl sites for hydroxylation is 2. The fraction of sp³-hybridized carbons (Fsp3) is 0.182. The molecule has 0 unspecified atom stereocenters. The van der Waals surface area contributed by atoms with Crippen molar-refractivity contribution in [2.75, 3.05) is 0 Å². The molecule has 6 rings (SSSR count). The van der Waals surface area contributed by atoms with Gasteiger partial charge in [-0.25, -0.2) is 0 Å². The van der Waals surface area contributed by atoms with Gasteiger partial charge < -0.3 is 18.9 Å². The summed E-state index contributed by atoms with van der Waals surface area (Å²) in [5.41, 5.74) is 11.4. The van der Waals surface area contributed by atoms with Gasteiger partial charge in [0.15, 0.2) is 0 Å². The average molecular weight is 687 g/mol. The molecule has 2 aromatic heterocycles. The van der Waals surface area contributed by atoms with Crippen LogP contribution in [0.2, 0.25) is 0 Å². The molecule has 0 aliphatic carbocycles. The Hall–Kier alpha value is -6.64. The minimum absolute atomic E-state index is 0.300. The number of nitriles is 2. The quantitative estimate of drug-likeness (QED) is 0.118. The van der Waals surface area contributed by atoms with Crippen LogP contribution in [0.5, 0.6) is 23.0 Å². The maximum Gasteiger partial charge on any atom is 0.126 e. The summed E-state index contributed by atoms with van der Waals surface area (Å²) in [4.78, 5) is 8.22. The Bertz CT molecular complexity index is 2140. The van der Waals surface area contributed by atoms with Gasteiger partial charge in [-0.3, -0.25) is 9.97 Å². The van der Waals surface area contributed by atoms with Crippen LogP contribution < -0.4 is 18.9 Å². The van der Waals surface area contributed by atoms with Crippen LogP contribution in [0.25, 0.3) is 11.1 Å². The van der Waals surface area contributed by atoms with Crippen molar-refractivity contribution in [3.8, 4) is 46.3 Å². The maximum absolute atomic E-state index is 9.16. The van der Waals surface area contributed by atoms with Crippen LogP contribution in [0.1, 0.15) is 55.6 Å². The Kier molecular flexibility index (Phi) is 11.1. The SMILES string of the molecule is Cc1ccc(OCc2cncc(C#N)c2)cc1OCc1cccc(-c2cccc(COc3cc(OCc4cncc(C#N)c4)ccc3C)c2C)c1C. The van der Waals surface area contributed by atoms with Crippen LogP contribution >= 0.6 is 0 Å². The molecule has 0 radical (unpaired) electrons. The number of aromatic nitrogens is 2. The highest BCUT2D eigenvalue weighted by molar-refractivity contribution is 5.72. The smallest absolute Gasteiger partial charge is 0.126 e. The van der Waals surface area contributed by atoms with Crippen LogP contribution in [0.15, 0.2) is 110 Å². The van der Waals surface area contributed by atoms with E-state index in [1.807, 2.05) is 50.2 Å². The van der Waals surface area contributed by atoms with E-state index in [-0.39, 0.29) is 0 Å². The van der Waals surface area contributed by atoms with E-state index in [1.54, 1.807) is 24.5 Å². The molecule has 0 saturated heterocycles. The topological polar surface area (TPSA) is 110 Å². The molecule has 0 aliphatic heterocycles. The van der Waals surface area contributed by atoms with Gasteiger partial charge in [-0.05, 0) is 96.5 Å². The van der Waals surface area contributed by atoms with Crippen LogP contribution in [0, 0.1) is 50.4 Å². The minimum atomic E-state index is 0.300. The van der Waals surface area contributed by atoms with Crippen LogP contribution in [-0.4, -0.2) is 9.97 Å². The third kappa shape index (κ3) is 8.56. The molecule has 8 nitrogen and oxygen atoms in total. The number of ether oxygens (including phenoxy) is 4. The lowest BCUT2D eigenvalue weighted by Crippen LogP contribution is -2.03. The molecule has 0 spiro atoms. The summed E-state index contributed by atoms with van der Waals surface area (Å²) in [7, 11) is 0. The fourth-order valence-corrected chi connectivity index (χ4v) is 5.81. The van der Waals surface area contributed by atoms with Crippen molar-refractivity contribution >= 4 is 0 Å². The molecule has 4 aromatic carbocycles. The average Bonchev–Trinajstić information content (AvgIpc) is 3.17. The van der Waals surface area contributed by atoms with Crippen molar-refractivity contribution in [2.24, 2.45) is 0 Å². The molecular weight excluding hydrogens is 649 g/mol. The standard InChI is InChI=1S/C44H38N4O4/c1-29-11-13-39(49-25-35-15-33(19-45)21-47-23-35)17-43(29)51-27-37-7-5-9-41(31(37)3)42-10-6-8-38(32(42)4)28-52-44-18-40(14-12-30(44)2)50-26-36-16-34(20-46)22-48-24-36/h5-18,21-24H,25-28H2,1-4H3. The maximum atomic E-state index is 9.16. The third-order valence-corrected chi connectivity index (χ3v) is 8.93. The summed E-state index contributed by atoms with van der Waals surface area (Å²) < 4.78 is 24.7. The normalized spacial score (nSPS) is 10.6. The monoisotopic (exact) mass is 686 g/mol. The van der Waals surface area contributed by atoms with Crippen molar-refractivity contribution in [1.29, 1.82) is 10.5 Å².